The number of rotatable bonds is 8. The van der Waals surface area contributed by atoms with E-state index in [1.54, 1.807) is 0 Å². The fraction of sp³-hybridized carbons (Fsp3) is 0.0192. The van der Waals surface area contributed by atoms with Gasteiger partial charge in [0.2, 0.25) is 0 Å². The first kappa shape index (κ1) is 34.6. The molecule has 1 unspecified atom stereocenters. The molecule has 2 heterocycles. The van der Waals surface area contributed by atoms with Crippen molar-refractivity contribution in [1.29, 1.82) is 0 Å². The van der Waals surface area contributed by atoms with Gasteiger partial charge in [-0.3, -0.25) is 0 Å². The number of nitrogens with zero attached hydrogens (tertiary/aromatic N) is 5. The van der Waals surface area contributed by atoms with Crippen molar-refractivity contribution in [3.8, 4) is 56.4 Å². The number of hydrogen-bond acceptors (Lipinski definition) is 6. The van der Waals surface area contributed by atoms with Crippen molar-refractivity contribution < 1.29 is 0 Å². The summed E-state index contributed by atoms with van der Waals surface area (Å²) in [6, 6.07) is 70.9. The van der Waals surface area contributed by atoms with Gasteiger partial charge in [0, 0.05) is 27.8 Å². The first-order valence-corrected chi connectivity index (χ1v) is 19.4. The van der Waals surface area contributed by atoms with Crippen LogP contribution in [0.25, 0.3) is 67.2 Å². The van der Waals surface area contributed by atoms with Gasteiger partial charge in [0.25, 0.3) is 0 Å². The highest BCUT2D eigenvalue weighted by molar-refractivity contribution is 6.13. The molecule has 1 aliphatic heterocycles. The van der Waals surface area contributed by atoms with E-state index in [9.17, 15) is 0 Å². The van der Waals surface area contributed by atoms with Gasteiger partial charge in [-0.05, 0) is 44.7 Å². The third kappa shape index (κ3) is 7.06. The topological polar surface area (TPSA) is 75.4 Å². The van der Waals surface area contributed by atoms with Crippen LogP contribution in [0.5, 0.6) is 0 Å². The van der Waals surface area contributed by atoms with E-state index in [1.165, 1.54) is 10.8 Å². The minimum Gasteiger partial charge on any atom is -0.344 e. The summed E-state index contributed by atoms with van der Waals surface area (Å²) < 4.78 is 0. The molecular formula is C52H36N6. The minimum atomic E-state index is -0.243. The predicted octanol–water partition coefficient (Wildman–Crippen LogP) is 11.9. The van der Waals surface area contributed by atoms with Crippen molar-refractivity contribution in [3.05, 3.63) is 223 Å². The van der Waals surface area contributed by atoms with Gasteiger partial charge in [0.15, 0.2) is 23.3 Å². The summed E-state index contributed by atoms with van der Waals surface area (Å²) in [7, 11) is 0. The van der Waals surface area contributed by atoms with Crippen LogP contribution < -0.4 is 5.32 Å². The van der Waals surface area contributed by atoms with E-state index < -0.39 is 0 Å². The van der Waals surface area contributed by atoms with Gasteiger partial charge in [0.1, 0.15) is 12.0 Å². The van der Waals surface area contributed by atoms with Crippen molar-refractivity contribution in [2.75, 3.05) is 0 Å². The van der Waals surface area contributed by atoms with Crippen LogP contribution in [0, 0.1) is 0 Å². The van der Waals surface area contributed by atoms with Crippen LogP contribution in [0.2, 0.25) is 0 Å². The largest absolute Gasteiger partial charge is 0.344 e. The summed E-state index contributed by atoms with van der Waals surface area (Å²) in [4.78, 5) is 24.8. The Hall–Kier alpha value is -7.83. The molecule has 0 saturated heterocycles. The van der Waals surface area contributed by atoms with E-state index in [2.05, 4.69) is 115 Å². The molecule has 1 aliphatic rings. The van der Waals surface area contributed by atoms with Gasteiger partial charge in [-0.25, -0.2) is 24.9 Å². The first-order chi connectivity index (χ1) is 28.7. The molecule has 1 atom stereocenters. The van der Waals surface area contributed by atoms with Gasteiger partial charge in [0.05, 0.1) is 0 Å². The highest BCUT2D eigenvalue weighted by Gasteiger charge is 2.21. The fourth-order valence-corrected chi connectivity index (χ4v) is 7.38. The van der Waals surface area contributed by atoms with E-state index >= 15 is 0 Å². The number of hydrogen-bond donors (Lipinski definition) is 1. The maximum Gasteiger partial charge on any atom is 0.164 e. The Balaban J connectivity index is 0.964. The quantitative estimate of drug-likeness (QED) is 0.168. The third-order valence-corrected chi connectivity index (χ3v) is 10.4. The monoisotopic (exact) mass is 744 g/mol. The van der Waals surface area contributed by atoms with Gasteiger partial charge in [-0.1, -0.05) is 200 Å². The highest BCUT2D eigenvalue weighted by Crippen LogP contribution is 2.34. The van der Waals surface area contributed by atoms with E-state index in [-0.39, 0.29) is 6.17 Å². The Morgan fingerprint density at radius 3 is 1.45 bits per heavy atom. The van der Waals surface area contributed by atoms with Crippen molar-refractivity contribution >= 4 is 22.4 Å². The molecule has 8 aromatic carbocycles. The second kappa shape index (κ2) is 15.4. The zero-order valence-electron chi connectivity index (χ0n) is 31.4. The molecule has 0 fully saturated rings. The second-order valence-electron chi connectivity index (χ2n) is 14.2. The first-order valence-electron chi connectivity index (χ1n) is 19.4. The molecule has 0 spiro atoms. The van der Waals surface area contributed by atoms with Crippen LogP contribution in [-0.2, 0) is 0 Å². The van der Waals surface area contributed by atoms with E-state index in [0.717, 1.165) is 61.5 Å². The Morgan fingerprint density at radius 2 is 0.845 bits per heavy atom. The van der Waals surface area contributed by atoms with Crippen molar-refractivity contribution in [1.82, 2.24) is 20.3 Å². The van der Waals surface area contributed by atoms with Crippen LogP contribution in [0.1, 0.15) is 22.9 Å². The van der Waals surface area contributed by atoms with Gasteiger partial charge < -0.3 is 5.32 Å². The molecule has 0 aliphatic carbocycles. The van der Waals surface area contributed by atoms with Crippen LogP contribution in [0.15, 0.2) is 216 Å². The lowest BCUT2D eigenvalue weighted by Crippen LogP contribution is -2.33. The molecule has 0 bridgehead atoms. The van der Waals surface area contributed by atoms with Crippen LogP contribution >= 0.6 is 0 Å². The van der Waals surface area contributed by atoms with E-state index in [1.807, 2.05) is 97.1 Å². The maximum absolute atomic E-state index is 5.06. The summed E-state index contributed by atoms with van der Waals surface area (Å²) in [5.41, 5.74) is 10.4. The molecule has 58 heavy (non-hydrogen) atoms. The van der Waals surface area contributed by atoms with Crippen molar-refractivity contribution in [3.63, 3.8) is 0 Å². The maximum atomic E-state index is 5.06. The number of fused-ring (bicyclic) bond motifs is 1. The molecule has 274 valence electrons. The van der Waals surface area contributed by atoms with Crippen LogP contribution in [0.4, 0.5) is 0 Å². The fourth-order valence-electron chi connectivity index (χ4n) is 7.38. The Bertz CT molecular complexity index is 2870. The number of nitrogens with one attached hydrogen (secondary N) is 1. The minimum absolute atomic E-state index is 0.243. The number of benzene rings is 8. The molecule has 1 N–H and O–H groups in total. The smallest absolute Gasteiger partial charge is 0.164 e. The zero-order valence-corrected chi connectivity index (χ0v) is 31.4. The third-order valence-electron chi connectivity index (χ3n) is 10.4. The van der Waals surface area contributed by atoms with Crippen LogP contribution in [0.3, 0.4) is 0 Å². The average Bonchev–Trinajstić information content (AvgIpc) is 3.32. The zero-order chi connectivity index (χ0) is 38.7. The second-order valence-corrected chi connectivity index (χ2v) is 14.2. The lowest BCUT2D eigenvalue weighted by atomic mass is 9.94. The summed E-state index contributed by atoms with van der Waals surface area (Å²) >= 11 is 0. The lowest BCUT2D eigenvalue weighted by Gasteiger charge is -2.23. The molecule has 0 radical (unpaired) electrons. The number of amidine groups is 2. The predicted molar refractivity (Wildman–Crippen MR) is 236 cm³/mol. The van der Waals surface area contributed by atoms with Crippen LogP contribution in [-0.4, -0.2) is 26.6 Å². The summed E-state index contributed by atoms with van der Waals surface area (Å²) in [5.74, 6) is 3.43. The number of aliphatic imine (C=N–C) groups is 2. The molecule has 1 aromatic heterocycles. The Kier molecular flexibility index (Phi) is 9.18. The SMILES string of the molecule is c1ccc(C2=NC(c3ccc(-c4ccc5cccc(-c6ccc(-c7nc(-c8ccccc8)nc(-c8ccccc8)n7)cc6)c5c4)cc3)=NC(c3ccccc3)N2)cc1. The Labute approximate surface area is 337 Å². The normalized spacial score (nSPS) is 13.7. The van der Waals surface area contributed by atoms with Gasteiger partial charge >= 0.3 is 0 Å². The molecule has 6 nitrogen and oxygen atoms in total. The van der Waals surface area contributed by atoms with E-state index in [4.69, 9.17) is 24.9 Å². The molecule has 9 aromatic rings. The number of aromatic nitrogens is 3. The molecule has 10 rings (SSSR count). The standard InChI is InChI=1S/C52H36N6/c1-5-14-38(15-6-1)47-53-48(39-16-7-2-8-17-39)56-51(55-47)42-29-24-35(25-30-42)44-33-28-36-22-13-23-45(46(36)34-44)37-26-31-43(32-27-37)52-57-49(40-18-9-3-10-19-40)54-50(58-52)41-20-11-4-12-21-41/h1-34,47H,(H,53,55,56). The van der Waals surface area contributed by atoms with E-state index in [0.29, 0.717) is 23.3 Å². The van der Waals surface area contributed by atoms with Gasteiger partial charge in [-0.2, -0.15) is 0 Å². The molecule has 6 heteroatoms. The average molecular weight is 745 g/mol. The molecule has 0 amide bonds. The van der Waals surface area contributed by atoms with Gasteiger partial charge in [-0.15, -0.1) is 0 Å². The highest BCUT2D eigenvalue weighted by atomic mass is 15.2. The molecular weight excluding hydrogens is 709 g/mol. The lowest BCUT2D eigenvalue weighted by molar-refractivity contribution is 0.674. The summed E-state index contributed by atoms with van der Waals surface area (Å²) in [5, 5.41) is 5.90. The Morgan fingerprint density at radius 1 is 0.362 bits per heavy atom. The summed E-state index contributed by atoms with van der Waals surface area (Å²) in [6.07, 6.45) is -0.243. The molecule has 0 saturated carbocycles. The summed E-state index contributed by atoms with van der Waals surface area (Å²) in [6.45, 7) is 0. The van der Waals surface area contributed by atoms with Crippen molar-refractivity contribution in [2.45, 2.75) is 6.17 Å². The van der Waals surface area contributed by atoms with Crippen molar-refractivity contribution in [2.24, 2.45) is 9.98 Å².